The third-order valence-electron chi connectivity index (χ3n) is 2.24. The van der Waals surface area contributed by atoms with Crippen LogP contribution < -0.4 is 10.6 Å². The summed E-state index contributed by atoms with van der Waals surface area (Å²) in [5, 5.41) is 4.29. The SMILES string of the molecule is Cc1nn(C)c(N(C)CC(C)C)c1N. The maximum Gasteiger partial charge on any atom is 0.150 e. The van der Waals surface area contributed by atoms with Crippen LogP contribution in [0.2, 0.25) is 0 Å². The van der Waals surface area contributed by atoms with Crippen LogP contribution in [0, 0.1) is 12.8 Å². The number of hydrogen-bond acceptors (Lipinski definition) is 3. The zero-order valence-electron chi connectivity index (χ0n) is 9.70. The maximum absolute atomic E-state index is 5.96. The van der Waals surface area contributed by atoms with Gasteiger partial charge in [-0.1, -0.05) is 13.8 Å². The van der Waals surface area contributed by atoms with Gasteiger partial charge in [-0.25, -0.2) is 0 Å². The number of nitrogens with zero attached hydrogens (tertiary/aromatic N) is 3. The molecule has 0 saturated heterocycles. The molecular weight excluding hydrogens is 176 g/mol. The highest BCUT2D eigenvalue weighted by atomic mass is 15.4. The van der Waals surface area contributed by atoms with Crippen LogP contribution in [0.15, 0.2) is 0 Å². The van der Waals surface area contributed by atoms with Gasteiger partial charge in [-0.3, -0.25) is 4.68 Å². The fraction of sp³-hybridized carbons (Fsp3) is 0.700. The lowest BCUT2D eigenvalue weighted by Gasteiger charge is -2.21. The van der Waals surface area contributed by atoms with Gasteiger partial charge in [0.2, 0.25) is 0 Å². The van der Waals surface area contributed by atoms with Crippen molar-refractivity contribution in [3.05, 3.63) is 5.69 Å². The van der Waals surface area contributed by atoms with Crippen LogP contribution in [0.25, 0.3) is 0 Å². The second kappa shape index (κ2) is 3.90. The molecule has 1 heterocycles. The molecule has 0 atom stereocenters. The minimum atomic E-state index is 0.620. The Morgan fingerprint density at radius 1 is 1.50 bits per heavy atom. The molecule has 2 N–H and O–H groups in total. The van der Waals surface area contributed by atoms with Crippen molar-refractivity contribution in [2.75, 3.05) is 24.2 Å². The summed E-state index contributed by atoms with van der Waals surface area (Å²) in [5.74, 6) is 1.63. The minimum Gasteiger partial charge on any atom is -0.394 e. The number of nitrogens with two attached hydrogens (primary N) is 1. The quantitative estimate of drug-likeness (QED) is 0.795. The molecule has 0 aromatic carbocycles. The van der Waals surface area contributed by atoms with Crippen molar-refractivity contribution in [3.63, 3.8) is 0 Å². The van der Waals surface area contributed by atoms with E-state index in [-0.39, 0.29) is 0 Å². The summed E-state index contributed by atoms with van der Waals surface area (Å²) in [5.41, 5.74) is 7.64. The average molecular weight is 196 g/mol. The maximum atomic E-state index is 5.96. The molecule has 0 spiro atoms. The van der Waals surface area contributed by atoms with E-state index in [0.717, 1.165) is 23.7 Å². The van der Waals surface area contributed by atoms with Gasteiger partial charge in [0.05, 0.1) is 11.4 Å². The Hall–Kier alpha value is -1.19. The summed E-state index contributed by atoms with van der Waals surface area (Å²) < 4.78 is 1.84. The molecule has 0 bridgehead atoms. The van der Waals surface area contributed by atoms with E-state index in [4.69, 9.17) is 5.73 Å². The first kappa shape index (κ1) is 10.9. The highest BCUT2D eigenvalue weighted by molar-refractivity contribution is 5.65. The molecule has 0 aliphatic carbocycles. The zero-order chi connectivity index (χ0) is 10.9. The van der Waals surface area contributed by atoms with E-state index in [0.29, 0.717) is 5.92 Å². The van der Waals surface area contributed by atoms with E-state index >= 15 is 0 Å². The second-order valence-corrected chi connectivity index (χ2v) is 4.22. The summed E-state index contributed by atoms with van der Waals surface area (Å²) in [6.45, 7) is 7.30. The molecule has 1 rings (SSSR count). The van der Waals surface area contributed by atoms with Crippen molar-refractivity contribution in [3.8, 4) is 0 Å². The number of nitrogen functional groups attached to an aromatic ring is 1. The van der Waals surface area contributed by atoms with Crippen LogP contribution in [-0.4, -0.2) is 23.4 Å². The van der Waals surface area contributed by atoms with Gasteiger partial charge in [0.25, 0.3) is 0 Å². The van der Waals surface area contributed by atoms with E-state index in [1.165, 1.54) is 0 Å². The Balaban J connectivity index is 2.94. The van der Waals surface area contributed by atoms with E-state index in [9.17, 15) is 0 Å². The molecule has 0 saturated carbocycles. The fourth-order valence-electron chi connectivity index (χ4n) is 1.75. The lowest BCUT2D eigenvalue weighted by Crippen LogP contribution is -2.25. The van der Waals surface area contributed by atoms with E-state index < -0.39 is 0 Å². The molecule has 4 heteroatoms. The Kier molecular flexibility index (Phi) is 3.03. The highest BCUT2D eigenvalue weighted by Gasteiger charge is 2.14. The van der Waals surface area contributed by atoms with Crippen molar-refractivity contribution in [2.24, 2.45) is 13.0 Å². The largest absolute Gasteiger partial charge is 0.394 e. The number of rotatable bonds is 3. The Morgan fingerprint density at radius 2 is 2.07 bits per heavy atom. The first-order valence-corrected chi connectivity index (χ1v) is 4.93. The topological polar surface area (TPSA) is 47.1 Å². The molecule has 0 amide bonds. The Labute approximate surface area is 85.7 Å². The molecule has 0 fully saturated rings. The first-order chi connectivity index (χ1) is 6.43. The van der Waals surface area contributed by atoms with Gasteiger partial charge in [-0.2, -0.15) is 5.10 Å². The smallest absolute Gasteiger partial charge is 0.150 e. The van der Waals surface area contributed by atoms with Crippen LogP contribution in [0.3, 0.4) is 0 Å². The highest BCUT2D eigenvalue weighted by Crippen LogP contribution is 2.24. The molecule has 1 aromatic rings. The van der Waals surface area contributed by atoms with Crippen molar-refractivity contribution >= 4 is 11.5 Å². The van der Waals surface area contributed by atoms with Crippen molar-refractivity contribution in [1.29, 1.82) is 0 Å². The van der Waals surface area contributed by atoms with Crippen LogP contribution in [0.5, 0.6) is 0 Å². The third kappa shape index (κ3) is 2.00. The number of anilines is 2. The summed E-state index contributed by atoms with van der Waals surface area (Å²) in [4.78, 5) is 2.15. The lowest BCUT2D eigenvalue weighted by molar-refractivity contribution is 0.620. The van der Waals surface area contributed by atoms with E-state index in [2.05, 4.69) is 23.8 Å². The molecule has 1 aromatic heterocycles. The summed E-state index contributed by atoms with van der Waals surface area (Å²) >= 11 is 0. The van der Waals surface area contributed by atoms with Crippen molar-refractivity contribution in [1.82, 2.24) is 9.78 Å². The van der Waals surface area contributed by atoms with Crippen LogP contribution in [0.1, 0.15) is 19.5 Å². The molecule has 80 valence electrons. The first-order valence-electron chi connectivity index (χ1n) is 4.93. The number of hydrogen-bond donors (Lipinski definition) is 1. The molecule has 0 radical (unpaired) electrons. The average Bonchev–Trinajstić information content (AvgIpc) is 2.25. The van der Waals surface area contributed by atoms with Gasteiger partial charge >= 0.3 is 0 Å². The zero-order valence-corrected chi connectivity index (χ0v) is 9.70. The molecular formula is C10H20N4. The third-order valence-corrected chi connectivity index (χ3v) is 2.24. The van der Waals surface area contributed by atoms with Crippen LogP contribution in [0.4, 0.5) is 11.5 Å². The van der Waals surface area contributed by atoms with Gasteiger partial charge in [-0.05, 0) is 12.8 Å². The van der Waals surface area contributed by atoms with Gasteiger partial charge in [0, 0.05) is 20.6 Å². The molecule has 0 aliphatic heterocycles. The number of aromatic nitrogens is 2. The standard InChI is InChI=1S/C10H20N4/c1-7(2)6-13(4)10-9(11)8(3)12-14(10)5/h7H,6,11H2,1-5H3. The molecule has 0 aliphatic rings. The van der Waals surface area contributed by atoms with Crippen LogP contribution >= 0.6 is 0 Å². The normalized spacial score (nSPS) is 11.0. The molecule has 4 nitrogen and oxygen atoms in total. The van der Waals surface area contributed by atoms with Gasteiger partial charge < -0.3 is 10.6 Å². The fourth-order valence-corrected chi connectivity index (χ4v) is 1.75. The van der Waals surface area contributed by atoms with Crippen molar-refractivity contribution in [2.45, 2.75) is 20.8 Å². The summed E-state index contributed by atoms with van der Waals surface area (Å²) in [6, 6.07) is 0. The minimum absolute atomic E-state index is 0.620. The molecule has 14 heavy (non-hydrogen) atoms. The summed E-state index contributed by atoms with van der Waals surface area (Å²) in [6.07, 6.45) is 0. The summed E-state index contributed by atoms with van der Waals surface area (Å²) in [7, 11) is 3.97. The van der Waals surface area contributed by atoms with Crippen LogP contribution in [-0.2, 0) is 7.05 Å². The van der Waals surface area contributed by atoms with Gasteiger partial charge in [0.1, 0.15) is 5.82 Å². The predicted molar refractivity (Wildman–Crippen MR) is 60.5 cm³/mol. The predicted octanol–water partition coefficient (Wildman–Crippen LogP) is 1.40. The van der Waals surface area contributed by atoms with Gasteiger partial charge in [0.15, 0.2) is 0 Å². The molecule has 0 unspecified atom stereocenters. The lowest BCUT2D eigenvalue weighted by atomic mass is 10.2. The second-order valence-electron chi connectivity index (χ2n) is 4.22. The van der Waals surface area contributed by atoms with Crippen molar-refractivity contribution < 1.29 is 0 Å². The Morgan fingerprint density at radius 3 is 2.43 bits per heavy atom. The van der Waals surface area contributed by atoms with E-state index in [1.54, 1.807) is 0 Å². The van der Waals surface area contributed by atoms with Gasteiger partial charge in [-0.15, -0.1) is 0 Å². The number of aryl methyl sites for hydroxylation is 2. The monoisotopic (exact) mass is 196 g/mol. The Bertz CT molecular complexity index is 314. The van der Waals surface area contributed by atoms with E-state index in [1.807, 2.05) is 25.7 Å².